The maximum absolute atomic E-state index is 14.1. The number of rotatable bonds is 10. The molecule has 0 aliphatic carbocycles. The Morgan fingerprint density at radius 2 is 1.91 bits per heavy atom. The van der Waals surface area contributed by atoms with E-state index in [9.17, 15) is 9.59 Å². The van der Waals surface area contributed by atoms with Crippen LogP contribution in [0.5, 0.6) is 17.2 Å². The monoisotopic (exact) mass is 710 g/mol. The van der Waals surface area contributed by atoms with Crippen molar-refractivity contribution in [1.82, 2.24) is 4.57 Å². The second-order valence-corrected chi connectivity index (χ2v) is 12.8. The Kier molecular flexibility index (Phi) is 10.2. The summed E-state index contributed by atoms with van der Waals surface area (Å²) >= 11 is 11.0. The number of benzene rings is 3. The number of ether oxygens (including phenoxy) is 4. The minimum atomic E-state index is -0.791. The predicted octanol–water partition coefficient (Wildman–Crippen LogP) is 6.59. The van der Waals surface area contributed by atoms with Crippen LogP contribution in [-0.4, -0.2) is 30.4 Å². The number of halogens is 2. The second kappa shape index (κ2) is 14.1. The molecule has 234 valence electrons. The summed E-state index contributed by atoms with van der Waals surface area (Å²) in [6.45, 7) is 7.83. The molecule has 45 heavy (non-hydrogen) atoms. The van der Waals surface area contributed by atoms with Gasteiger partial charge in [-0.05, 0) is 91.2 Å². The second-order valence-electron chi connectivity index (χ2n) is 10.5. The minimum Gasteiger partial charge on any atom is -0.493 e. The van der Waals surface area contributed by atoms with E-state index in [0.29, 0.717) is 58.5 Å². The van der Waals surface area contributed by atoms with Crippen LogP contribution < -0.4 is 29.1 Å². The molecule has 1 aliphatic heterocycles. The van der Waals surface area contributed by atoms with Gasteiger partial charge in [0.2, 0.25) is 0 Å². The lowest BCUT2D eigenvalue weighted by atomic mass is 9.95. The lowest BCUT2D eigenvalue weighted by Gasteiger charge is -2.26. The summed E-state index contributed by atoms with van der Waals surface area (Å²) in [6, 6.07) is 17.7. The average molecular weight is 712 g/mol. The molecular weight excluding hydrogens is 680 g/mol. The van der Waals surface area contributed by atoms with Crippen LogP contribution in [0, 0.1) is 0 Å². The minimum absolute atomic E-state index is 0.121. The molecular formula is C34H32BrClN2O6S. The van der Waals surface area contributed by atoms with Crippen molar-refractivity contribution < 1.29 is 23.7 Å². The summed E-state index contributed by atoms with van der Waals surface area (Å²) in [6.07, 6.45) is 1.65. The third kappa shape index (κ3) is 7.03. The highest BCUT2D eigenvalue weighted by atomic mass is 79.9. The summed E-state index contributed by atoms with van der Waals surface area (Å²) in [4.78, 5) is 32.6. The van der Waals surface area contributed by atoms with E-state index in [-0.39, 0.29) is 24.9 Å². The molecule has 5 rings (SSSR count). The Morgan fingerprint density at radius 3 is 2.62 bits per heavy atom. The SMILES string of the molecule is CCOC(=O)C1=C(C)N=c2s/c(=C\c3cc(Br)c(OCc4cccc(Cl)c4)c(OC)c3)c(=O)n2[C@@H]1c1ccccc1OC(C)C. The molecule has 0 amide bonds. The quantitative estimate of drug-likeness (QED) is 0.173. The number of methoxy groups -OCH3 is 1. The molecule has 0 unspecified atom stereocenters. The molecule has 11 heteroatoms. The number of hydrogen-bond acceptors (Lipinski definition) is 8. The molecule has 3 aromatic carbocycles. The van der Waals surface area contributed by atoms with Crippen molar-refractivity contribution in [3.8, 4) is 17.2 Å². The van der Waals surface area contributed by atoms with Crippen LogP contribution >= 0.6 is 38.9 Å². The first-order chi connectivity index (χ1) is 21.6. The third-order valence-electron chi connectivity index (χ3n) is 6.92. The summed E-state index contributed by atoms with van der Waals surface area (Å²) in [5, 5.41) is 0.627. The van der Waals surface area contributed by atoms with Crippen LogP contribution in [-0.2, 0) is 16.1 Å². The van der Waals surface area contributed by atoms with Gasteiger partial charge in [-0.2, -0.15) is 0 Å². The topological polar surface area (TPSA) is 88.4 Å². The smallest absolute Gasteiger partial charge is 0.338 e. The molecule has 0 bridgehead atoms. The van der Waals surface area contributed by atoms with Crippen molar-refractivity contribution in [2.24, 2.45) is 4.99 Å². The summed E-state index contributed by atoms with van der Waals surface area (Å²) in [5.41, 5.74) is 2.77. The number of carbonyl (C=O) groups is 1. The Labute approximate surface area is 278 Å². The van der Waals surface area contributed by atoms with Gasteiger partial charge in [0.05, 0.1) is 40.1 Å². The standard InChI is InChI=1S/C34H32BrClN2O6S/c1-6-42-33(40)29-20(4)37-34-38(30(29)24-12-7-8-13-26(24)44-19(2)3)32(39)28(45-34)17-22-15-25(35)31(27(16-22)41-5)43-18-21-10-9-11-23(36)14-21/h7-17,19,30H,6,18H2,1-5H3/b28-17-/t30-/m1/s1. The number of thiazole rings is 1. The van der Waals surface area contributed by atoms with Gasteiger partial charge in [0, 0.05) is 10.6 Å². The lowest BCUT2D eigenvalue weighted by Crippen LogP contribution is -2.40. The zero-order valence-electron chi connectivity index (χ0n) is 25.4. The first-order valence-corrected chi connectivity index (χ1v) is 16.3. The number of para-hydroxylation sites is 1. The van der Waals surface area contributed by atoms with Crippen molar-refractivity contribution in [2.75, 3.05) is 13.7 Å². The van der Waals surface area contributed by atoms with E-state index >= 15 is 0 Å². The zero-order valence-corrected chi connectivity index (χ0v) is 28.6. The number of nitrogens with zero attached hydrogens (tertiary/aromatic N) is 2. The van der Waals surface area contributed by atoms with E-state index in [1.54, 1.807) is 43.7 Å². The Morgan fingerprint density at radius 1 is 1.13 bits per heavy atom. The molecule has 0 fully saturated rings. The maximum atomic E-state index is 14.1. The fraction of sp³-hybridized carbons (Fsp3) is 0.265. The summed E-state index contributed by atoms with van der Waals surface area (Å²) < 4.78 is 25.9. The van der Waals surface area contributed by atoms with Crippen molar-refractivity contribution in [3.63, 3.8) is 0 Å². The predicted molar refractivity (Wildman–Crippen MR) is 179 cm³/mol. The Bertz CT molecular complexity index is 1970. The molecule has 0 saturated carbocycles. The third-order valence-corrected chi connectivity index (χ3v) is 8.72. The molecule has 0 saturated heterocycles. The molecule has 8 nitrogen and oxygen atoms in total. The Balaban J connectivity index is 1.60. The Hall–Kier alpha value is -3.86. The van der Waals surface area contributed by atoms with Crippen LogP contribution in [0.15, 0.2) is 86.2 Å². The van der Waals surface area contributed by atoms with Crippen LogP contribution in [0.1, 0.15) is 50.4 Å². The van der Waals surface area contributed by atoms with Gasteiger partial charge in [0.25, 0.3) is 5.56 Å². The van der Waals surface area contributed by atoms with Gasteiger partial charge in [-0.15, -0.1) is 0 Å². The number of hydrogen-bond donors (Lipinski definition) is 0. The van der Waals surface area contributed by atoms with Crippen LogP contribution in [0.25, 0.3) is 6.08 Å². The van der Waals surface area contributed by atoms with E-state index in [2.05, 4.69) is 20.9 Å². The fourth-order valence-corrected chi connectivity index (χ4v) is 6.88. The number of fused-ring (bicyclic) bond motifs is 1. The van der Waals surface area contributed by atoms with E-state index in [4.69, 9.17) is 30.5 Å². The maximum Gasteiger partial charge on any atom is 0.338 e. The van der Waals surface area contributed by atoms with Gasteiger partial charge in [-0.25, -0.2) is 9.79 Å². The highest BCUT2D eigenvalue weighted by Crippen LogP contribution is 2.38. The number of carbonyl (C=O) groups excluding carboxylic acids is 1. The van der Waals surface area contributed by atoms with Gasteiger partial charge < -0.3 is 18.9 Å². The van der Waals surface area contributed by atoms with Crippen LogP contribution in [0.2, 0.25) is 5.02 Å². The lowest BCUT2D eigenvalue weighted by molar-refractivity contribution is -0.139. The van der Waals surface area contributed by atoms with Gasteiger partial charge in [-0.1, -0.05) is 53.3 Å². The van der Waals surface area contributed by atoms with Gasteiger partial charge in [0.1, 0.15) is 18.4 Å². The van der Waals surface area contributed by atoms with Crippen molar-refractivity contribution in [3.05, 3.63) is 118 Å². The highest BCUT2D eigenvalue weighted by molar-refractivity contribution is 9.10. The fourth-order valence-electron chi connectivity index (χ4n) is 5.05. The van der Waals surface area contributed by atoms with Crippen molar-refractivity contribution >= 4 is 50.9 Å². The van der Waals surface area contributed by atoms with E-state index < -0.39 is 12.0 Å². The normalized spacial score (nSPS) is 14.7. The van der Waals surface area contributed by atoms with Gasteiger partial charge in [0.15, 0.2) is 16.3 Å². The molecule has 1 aromatic heterocycles. The number of esters is 1. The summed E-state index contributed by atoms with van der Waals surface area (Å²) in [5.74, 6) is 1.06. The molecule has 2 heterocycles. The summed E-state index contributed by atoms with van der Waals surface area (Å²) in [7, 11) is 1.56. The van der Waals surface area contributed by atoms with Crippen LogP contribution in [0.4, 0.5) is 0 Å². The van der Waals surface area contributed by atoms with Gasteiger partial charge in [-0.3, -0.25) is 9.36 Å². The van der Waals surface area contributed by atoms with E-state index in [1.807, 2.05) is 62.4 Å². The molecule has 0 radical (unpaired) electrons. The van der Waals surface area contributed by atoms with E-state index in [1.165, 1.54) is 11.3 Å². The molecule has 0 spiro atoms. The van der Waals surface area contributed by atoms with Crippen LogP contribution in [0.3, 0.4) is 0 Å². The largest absolute Gasteiger partial charge is 0.493 e. The van der Waals surface area contributed by atoms with Crippen molar-refractivity contribution in [1.29, 1.82) is 0 Å². The van der Waals surface area contributed by atoms with Crippen molar-refractivity contribution in [2.45, 2.75) is 46.4 Å². The first kappa shape index (κ1) is 32.5. The zero-order chi connectivity index (χ0) is 32.2. The number of aromatic nitrogens is 1. The molecule has 1 aliphatic rings. The average Bonchev–Trinajstić information content (AvgIpc) is 3.29. The first-order valence-electron chi connectivity index (χ1n) is 14.3. The number of allylic oxidation sites excluding steroid dienone is 1. The molecule has 4 aromatic rings. The molecule has 1 atom stereocenters. The van der Waals surface area contributed by atoms with Gasteiger partial charge >= 0.3 is 5.97 Å². The van der Waals surface area contributed by atoms with E-state index in [0.717, 1.165) is 5.56 Å². The molecule has 0 N–H and O–H groups in total. The highest BCUT2D eigenvalue weighted by Gasteiger charge is 2.35.